The Morgan fingerprint density at radius 3 is 2.95 bits per heavy atom. The van der Waals surface area contributed by atoms with Gasteiger partial charge in [0.1, 0.15) is 0 Å². The summed E-state index contributed by atoms with van der Waals surface area (Å²) >= 11 is 1.82. The van der Waals surface area contributed by atoms with E-state index in [0.717, 1.165) is 32.4 Å². The van der Waals surface area contributed by atoms with Gasteiger partial charge in [0, 0.05) is 28.8 Å². The van der Waals surface area contributed by atoms with E-state index in [4.69, 9.17) is 0 Å². The van der Waals surface area contributed by atoms with Crippen molar-refractivity contribution >= 4 is 29.7 Å². The summed E-state index contributed by atoms with van der Waals surface area (Å²) in [4.78, 5) is 14.7. The molecule has 0 spiro atoms. The largest absolute Gasteiger partial charge is 0.353 e. The highest BCUT2D eigenvalue weighted by molar-refractivity contribution is 7.11. The van der Waals surface area contributed by atoms with Gasteiger partial charge in [-0.25, -0.2) is 0 Å². The maximum Gasteiger partial charge on any atom is 0.224 e. The molecular formula is C14H23ClN2OS. The molecule has 1 aliphatic heterocycles. The fraction of sp³-hybridized carbons (Fsp3) is 0.643. The van der Waals surface area contributed by atoms with Crippen LogP contribution in [0.1, 0.15) is 29.5 Å². The Hall–Kier alpha value is -0.580. The molecule has 108 valence electrons. The third kappa shape index (κ3) is 5.13. The lowest BCUT2D eigenvalue weighted by molar-refractivity contribution is -0.126. The third-order valence-corrected chi connectivity index (χ3v) is 4.38. The number of halogens is 1. The van der Waals surface area contributed by atoms with Crippen LogP contribution >= 0.6 is 23.7 Å². The van der Waals surface area contributed by atoms with Crippen LogP contribution in [0.25, 0.3) is 0 Å². The number of nitrogens with one attached hydrogen (secondary N) is 2. The Kier molecular flexibility index (Phi) is 6.83. The van der Waals surface area contributed by atoms with Gasteiger partial charge < -0.3 is 10.6 Å². The predicted octanol–water partition coefficient (Wildman–Crippen LogP) is 2.53. The van der Waals surface area contributed by atoms with Gasteiger partial charge in [-0.05, 0) is 45.4 Å². The predicted molar refractivity (Wildman–Crippen MR) is 83.2 cm³/mol. The first-order valence-corrected chi connectivity index (χ1v) is 7.53. The Labute approximate surface area is 125 Å². The molecule has 0 aliphatic carbocycles. The van der Waals surface area contributed by atoms with Crippen molar-refractivity contribution in [2.24, 2.45) is 5.92 Å². The van der Waals surface area contributed by atoms with Crippen LogP contribution in [-0.2, 0) is 11.2 Å². The molecule has 3 nitrogen and oxygen atoms in total. The minimum absolute atomic E-state index is 0. The molecule has 2 heterocycles. The van der Waals surface area contributed by atoms with Crippen LogP contribution in [0.5, 0.6) is 0 Å². The van der Waals surface area contributed by atoms with Crippen LogP contribution in [0.15, 0.2) is 12.1 Å². The second-order valence-electron chi connectivity index (χ2n) is 5.17. The molecule has 1 fully saturated rings. The van der Waals surface area contributed by atoms with E-state index in [-0.39, 0.29) is 30.3 Å². The van der Waals surface area contributed by atoms with Crippen LogP contribution in [0, 0.1) is 12.8 Å². The topological polar surface area (TPSA) is 41.1 Å². The minimum Gasteiger partial charge on any atom is -0.353 e. The average molecular weight is 303 g/mol. The van der Waals surface area contributed by atoms with Crippen molar-refractivity contribution in [3.05, 3.63) is 21.9 Å². The molecule has 1 aromatic rings. The number of thiophene rings is 1. The van der Waals surface area contributed by atoms with Crippen LogP contribution in [0.3, 0.4) is 0 Å². The second-order valence-corrected chi connectivity index (χ2v) is 6.54. The Bertz CT molecular complexity index is 402. The van der Waals surface area contributed by atoms with E-state index in [2.05, 4.69) is 36.6 Å². The molecule has 1 aliphatic rings. The Morgan fingerprint density at radius 1 is 1.58 bits per heavy atom. The van der Waals surface area contributed by atoms with Gasteiger partial charge in [0.25, 0.3) is 0 Å². The highest BCUT2D eigenvalue weighted by Crippen LogP contribution is 2.17. The number of amides is 1. The lowest BCUT2D eigenvalue weighted by Crippen LogP contribution is -2.44. The summed E-state index contributed by atoms with van der Waals surface area (Å²) in [6.45, 7) is 6.08. The highest BCUT2D eigenvalue weighted by Gasteiger charge is 2.22. The van der Waals surface area contributed by atoms with Crippen molar-refractivity contribution in [2.75, 3.05) is 13.1 Å². The molecule has 2 N–H and O–H groups in total. The van der Waals surface area contributed by atoms with E-state index in [1.165, 1.54) is 9.75 Å². The number of rotatable bonds is 4. The number of aryl methyl sites for hydroxylation is 1. The molecule has 2 rings (SSSR count). The van der Waals surface area contributed by atoms with E-state index < -0.39 is 0 Å². The smallest absolute Gasteiger partial charge is 0.224 e. The standard InChI is InChI=1S/C14H22N2OS.ClH/c1-10(8-13-6-5-11(2)18-13)16-14(17)12-4-3-7-15-9-12;/h5-6,10,12,15H,3-4,7-9H2,1-2H3,(H,16,17);1H/t10?,12-;/m1./s1. The van der Waals surface area contributed by atoms with E-state index >= 15 is 0 Å². The van der Waals surface area contributed by atoms with Crippen molar-refractivity contribution in [3.8, 4) is 0 Å². The maximum atomic E-state index is 12.1. The summed E-state index contributed by atoms with van der Waals surface area (Å²) in [6.07, 6.45) is 3.06. The lowest BCUT2D eigenvalue weighted by atomic mass is 9.98. The van der Waals surface area contributed by atoms with Crippen LogP contribution in [0.2, 0.25) is 0 Å². The second kappa shape index (κ2) is 7.88. The molecule has 0 aromatic carbocycles. The highest BCUT2D eigenvalue weighted by atomic mass is 35.5. The van der Waals surface area contributed by atoms with E-state index in [1.807, 2.05) is 11.3 Å². The zero-order valence-electron chi connectivity index (χ0n) is 11.6. The number of piperidine rings is 1. The summed E-state index contributed by atoms with van der Waals surface area (Å²) in [5.74, 6) is 0.370. The fourth-order valence-electron chi connectivity index (χ4n) is 2.38. The van der Waals surface area contributed by atoms with Crippen LogP contribution in [0.4, 0.5) is 0 Å². The Balaban J connectivity index is 0.00000180. The Morgan fingerprint density at radius 2 is 2.37 bits per heavy atom. The van der Waals surface area contributed by atoms with Gasteiger partial charge in [0.05, 0.1) is 5.92 Å². The minimum atomic E-state index is 0. The van der Waals surface area contributed by atoms with Crippen molar-refractivity contribution in [1.29, 1.82) is 0 Å². The fourth-order valence-corrected chi connectivity index (χ4v) is 3.40. The van der Waals surface area contributed by atoms with Crippen LogP contribution < -0.4 is 10.6 Å². The first-order chi connectivity index (χ1) is 8.65. The molecule has 1 saturated heterocycles. The summed E-state index contributed by atoms with van der Waals surface area (Å²) in [5.41, 5.74) is 0. The van der Waals surface area contributed by atoms with Gasteiger partial charge in [-0.3, -0.25) is 4.79 Å². The summed E-state index contributed by atoms with van der Waals surface area (Å²) in [7, 11) is 0. The van der Waals surface area contributed by atoms with Gasteiger partial charge in [-0.15, -0.1) is 23.7 Å². The van der Waals surface area contributed by atoms with Crippen LogP contribution in [-0.4, -0.2) is 25.0 Å². The van der Waals surface area contributed by atoms with Gasteiger partial charge in [0.15, 0.2) is 0 Å². The summed E-state index contributed by atoms with van der Waals surface area (Å²) in [6, 6.07) is 4.52. The number of hydrogen-bond donors (Lipinski definition) is 2. The van der Waals surface area contributed by atoms with E-state index in [0.29, 0.717) is 0 Å². The molecule has 1 aromatic heterocycles. The monoisotopic (exact) mass is 302 g/mol. The molecule has 5 heteroatoms. The van der Waals surface area contributed by atoms with E-state index in [1.54, 1.807) is 0 Å². The third-order valence-electron chi connectivity index (χ3n) is 3.36. The maximum absolute atomic E-state index is 12.1. The van der Waals surface area contributed by atoms with Crippen molar-refractivity contribution < 1.29 is 4.79 Å². The SMILES string of the molecule is Cc1ccc(CC(C)NC(=O)[C@@H]2CCCNC2)s1.Cl. The number of carbonyl (C=O) groups is 1. The molecule has 0 radical (unpaired) electrons. The molecule has 1 unspecified atom stereocenters. The van der Waals surface area contributed by atoms with E-state index in [9.17, 15) is 4.79 Å². The van der Waals surface area contributed by atoms with Crippen molar-refractivity contribution in [3.63, 3.8) is 0 Å². The van der Waals surface area contributed by atoms with Crippen molar-refractivity contribution in [2.45, 2.75) is 39.2 Å². The first kappa shape index (κ1) is 16.5. The molecule has 0 saturated carbocycles. The molecule has 2 atom stereocenters. The zero-order chi connectivity index (χ0) is 13.0. The first-order valence-electron chi connectivity index (χ1n) is 6.71. The van der Waals surface area contributed by atoms with Gasteiger partial charge in [-0.1, -0.05) is 0 Å². The van der Waals surface area contributed by atoms with Crippen molar-refractivity contribution in [1.82, 2.24) is 10.6 Å². The molecule has 1 amide bonds. The average Bonchev–Trinajstić information content (AvgIpc) is 2.75. The van der Waals surface area contributed by atoms with Gasteiger partial charge in [0.2, 0.25) is 5.91 Å². The normalized spacial score (nSPS) is 20.4. The summed E-state index contributed by atoms with van der Waals surface area (Å²) in [5, 5.41) is 6.42. The quantitative estimate of drug-likeness (QED) is 0.897. The molecule has 0 bridgehead atoms. The molecule has 19 heavy (non-hydrogen) atoms. The molecular weight excluding hydrogens is 280 g/mol. The zero-order valence-corrected chi connectivity index (χ0v) is 13.2. The lowest BCUT2D eigenvalue weighted by Gasteiger charge is -2.23. The van der Waals surface area contributed by atoms with Gasteiger partial charge in [-0.2, -0.15) is 0 Å². The number of hydrogen-bond acceptors (Lipinski definition) is 3. The van der Waals surface area contributed by atoms with Gasteiger partial charge >= 0.3 is 0 Å². The summed E-state index contributed by atoms with van der Waals surface area (Å²) < 4.78 is 0. The number of carbonyl (C=O) groups excluding carboxylic acids is 1.